The molecule has 1 amide bonds. The van der Waals surface area contributed by atoms with E-state index in [2.05, 4.69) is 44.5 Å². The minimum absolute atomic E-state index is 0.0238. The monoisotopic (exact) mass is 493 g/mol. The average Bonchev–Trinajstić information content (AvgIpc) is 3.35. The van der Waals surface area contributed by atoms with Gasteiger partial charge in [0.25, 0.3) is 5.91 Å². The number of nitrogens with one attached hydrogen (secondary N) is 1. The fourth-order valence-corrected chi connectivity index (χ4v) is 5.36. The molecular formula is C29H24FN5O2. The Kier molecular flexibility index (Phi) is 5.04. The number of pyridine rings is 1. The molecule has 8 heteroatoms. The third-order valence-corrected chi connectivity index (χ3v) is 7.57. The normalized spacial score (nSPS) is 18.4. The molecular weight excluding hydrogens is 469 g/mol. The molecule has 2 aromatic carbocycles. The van der Waals surface area contributed by atoms with Crippen molar-refractivity contribution < 1.29 is 13.9 Å². The molecule has 37 heavy (non-hydrogen) atoms. The maximum Gasteiger partial charge on any atom is 0.254 e. The molecule has 2 fully saturated rings. The number of aromatic nitrogens is 4. The molecule has 0 bridgehead atoms. The number of hydrogen-bond donors (Lipinski definition) is 1. The van der Waals surface area contributed by atoms with E-state index in [-0.39, 0.29) is 17.0 Å². The number of carbonyl (C=O) groups excluding carboxylic acids is 1. The second-order valence-electron chi connectivity index (χ2n) is 9.88. The maximum absolute atomic E-state index is 15.0. The van der Waals surface area contributed by atoms with Crippen LogP contribution in [0.3, 0.4) is 0 Å². The number of carbonyl (C=O) groups is 1. The molecule has 3 aromatic heterocycles. The number of fused-ring (bicyclic) bond motifs is 2. The van der Waals surface area contributed by atoms with Crippen molar-refractivity contribution in [2.45, 2.75) is 30.7 Å². The van der Waals surface area contributed by atoms with E-state index in [4.69, 9.17) is 4.74 Å². The second-order valence-corrected chi connectivity index (χ2v) is 9.88. The third kappa shape index (κ3) is 3.76. The number of rotatable bonds is 5. The van der Waals surface area contributed by atoms with Crippen molar-refractivity contribution in [1.82, 2.24) is 24.7 Å². The fourth-order valence-electron chi connectivity index (χ4n) is 5.36. The van der Waals surface area contributed by atoms with Gasteiger partial charge in [0, 0.05) is 41.6 Å². The van der Waals surface area contributed by atoms with Crippen LogP contribution in [-0.4, -0.2) is 44.5 Å². The van der Waals surface area contributed by atoms with Gasteiger partial charge in [-0.25, -0.2) is 14.4 Å². The van der Waals surface area contributed by atoms with Gasteiger partial charge in [-0.2, -0.15) is 0 Å². The zero-order valence-electron chi connectivity index (χ0n) is 20.0. The molecule has 7 nitrogen and oxygen atoms in total. The topological polar surface area (TPSA) is 81.4 Å². The lowest BCUT2D eigenvalue weighted by Crippen LogP contribution is -2.35. The first kappa shape index (κ1) is 22.1. The van der Waals surface area contributed by atoms with E-state index < -0.39 is 11.7 Å². The number of imidazole rings is 1. The fraction of sp³-hybridized carbons (Fsp3) is 0.241. The van der Waals surface area contributed by atoms with Crippen LogP contribution in [0.2, 0.25) is 0 Å². The smallest absolute Gasteiger partial charge is 0.254 e. The van der Waals surface area contributed by atoms with Gasteiger partial charge in [0.1, 0.15) is 5.82 Å². The molecule has 1 saturated carbocycles. The summed E-state index contributed by atoms with van der Waals surface area (Å²) in [7, 11) is 0. The Bertz CT molecular complexity index is 1670. The Morgan fingerprint density at radius 3 is 2.76 bits per heavy atom. The summed E-state index contributed by atoms with van der Waals surface area (Å²) in [5.41, 5.74) is 4.55. The van der Waals surface area contributed by atoms with E-state index >= 15 is 4.39 Å². The molecule has 1 saturated heterocycles. The lowest BCUT2D eigenvalue weighted by molar-refractivity contribution is 0.0926. The molecule has 5 aromatic rings. The largest absolute Gasteiger partial charge is 0.379 e. The first-order valence-corrected chi connectivity index (χ1v) is 12.5. The van der Waals surface area contributed by atoms with Gasteiger partial charge >= 0.3 is 0 Å². The summed E-state index contributed by atoms with van der Waals surface area (Å²) in [4.78, 5) is 26.1. The van der Waals surface area contributed by atoms with Crippen LogP contribution < -0.4 is 5.32 Å². The summed E-state index contributed by atoms with van der Waals surface area (Å²) < 4.78 is 22.3. The van der Waals surface area contributed by atoms with Crippen LogP contribution in [-0.2, 0) is 10.2 Å². The van der Waals surface area contributed by atoms with Crippen molar-refractivity contribution in [2.24, 2.45) is 0 Å². The van der Waals surface area contributed by atoms with E-state index in [1.807, 2.05) is 22.9 Å². The van der Waals surface area contributed by atoms with Crippen molar-refractivity contribution >= 4 is 22.6 Å². The second kappa shape index (κ2) is 8.45. The van der Waals surface area contributed by atoms with Crippen LogP contribution >= 0.6 is 0 Å². The van der Waals surface area contributed by atoms with Crippen LogP contribution in [0.15, 0.2) is 73.3 Å². The number of benzene rings is 2. The molecule has 1 aliphatic carbocycles. The highest BCUT2D eigenvalue weighted by atomic mass is 19.1. The van der Waals surface area contributed by atoms with E-state index in [0.29, 0.717) is 24.6 Å². The number of nitrogens with zero attached hydrogens (tertiary/aromatic N) is 4. The Morgan fingerprint density at radius 2 is 1.95 bits per heavy atom. The van der Waals surface area contributed by atoms with Gasteiger partial charge in [-0.05, 0) is 60.7 Å². The van der Waals surface area contributed by atoms with Crippen LogP contribution in [0.4, 0.5) is 4.39 Å². The van der Waals surface area contributed by atoms with Gasteiger partial charge in [0.15, 0.2) is 0 Å². The predicted molar refractivity (Wildman–Crippen MR) is 137 cm³/mol. The highest BCUT2D eigenvalue weighted by Crippen LogP contribution is 2.53. The molecule has 2 aliphatic rings. The van der Waals surface area contributed by atoms with Crippen LogP contribution in [0, 0.1) is 5.82 Å². The minimum Gasteiger partial charge on any atom is -0.379 e. The zero-order chi connectivity index (χ0) is 25.0. The zero-order valence-corrected chi connectivity index (χ0v) is 20.0. The SMILES string of the molecule is O=C(N[C@@H]1CCOC1)c1ccc(-c2cnc3ncc(C4(c5ccc6ncccc6c5)CC4)n3c2)cc1F. The lowest BCUT2D eigenvalue weighted by Gasteiger charge is -2.17. The van der Waals surface area contributed by atoms with E-state index in [0.717, 1.165) is 41.4 Å². The predicted octanol–water partition coefficient (Wildman–Crippen LogP) is 4.68. The molecule has 1 N–H and O–H groups in total. The van der Waals surface area contributed by atoms with Crippen molar-refractivity contribution in [2.75, 3.05) is 13.2 Å². The number of ether oxygens (including phenoxy) is 1. The van der Waals surface area contributed by atoms with Crippen LogP contribution in [0.5, 0.6) is 0 Å². The van der Waals surface area contributed by atoms with Crippen molar-refractivity contribution in [3.63, 3.8) is 0 Å². The molecule has 0 unspecified atom stereocenters. The summed E-state index contributed by atoms with van der Waals surface area (Å²) >= 11 is 0. The molecule has 1 aliphatic heterocycles. The summed E-state index contributed by atoms with van der Waals surface area (Å²) in [6, 6.07) is 15.1. The van der Waals surface area contributed by atoms with E-state index in [1.165, 1.54) is 17.7 Å². The lowest BCUT2D eigenvalue weighted by atomic mass is 9.91. The molecule has 7 rings (SSSR count). The van der Waals surface area contributed by atoms with Gasteiger partial charge in [-0.15, -0.1) is 0 Å². The molecule has 0 spiro atoms. The summed E-state index contributed by atoms with van der Waals surface area (Å²) in [5, 5.41) is 3.95. The Balaban J connectivity index is 1.23. The Hall–Kier alpha value is -4.17. The highest BCUT2D eigenvalue weighted by Gasteiger charge is 2.48. The molecule has 4 heterocycles. The highest BCUT2D eigenvalue weighted by molar-refractivity contribution is 5.95. The standard InChI is InChI=1S/C29H24FN5O2/c30-24-13-18(3-5-23(24)27(36)34-22-7-11-37-17-22)20-14-32-28-33-15-26(35(28)16-20)29(8-9-29)21-4-6-25-19(12-21)2-1-10-31-25/h1-6,10,12-16,22H,7-9,11,17H2,(H,34,36)/t22-/m1/s1. The Morgan fingerprint density at radius 1 is 1.05 bits per heavy atom. The van der Waals surface area contributed by atoms with Gasteiger partial charge in [0.05, 0.1) is 35.6 Å². The van der Waals surface area contributed by atoms with Gasteiger partial charge in [-0.3, -0.25) is 14.2 Å². The summed E-state index contributed by atoms with van der Waals surface area (Å²) in [5.74, 6) is -0.391. The Labute approximate surface area is 212 Å². The molecule has 184 valence electrons. The van der Waals surface area contributed by atoms with E-state index in [1.54, 1.807) is 18.5 Å². The average molecular weight is 494 g/mol. The van der Waals surface area contributed by atoms with Crippen LogP contribution in [0.1, 0.15) is 40.9 Å². The maximum atomic E-state index is 15.0. The molecule has 0 radical (unpaired) electrons. The number of halogens is 1. The van der Waals surface area contributed by atoms with Crippen LogP contribution in [0.25, 0.3) is 27.8 Å². The number of hydrogen-bond acceptors (Lipinski definition) is 5. The van der Waals surface area contributed by atoms with Crippen molar-refractivity contribution in [3.8, 4) is 11.1 Å². The van der Waals surface area contributed by atoms with Crippen molar-refractivity contribution in [3.05, 3.63) is 96.0 Å². The first-order valence-electron chi connectivity index (χ1n) is 12.5. The molecule has 1 atom stereocenters. The van der Waals surface area contributed by atoms with Gasteiger partial charge in [0.2, 0.25) is 5.78 Å². The first-order chi connectivity index (χ1) is 18.1. The summed E-state index contributed by atoms with van der Waals surface area (Å²) in [6.45, 7) is 1.07. The summed E-state index contributed by atoms with van der Waals surface area (Å²) in [6.07, 6.45) is 10.1. The van der Waals surface area contributed by atoms with Gasteiger partial charge in [-0.1, -0.05) is 18.2 Å². The number of amides is 1. The van der Waals surface area contributed by atoms with E-state index in [9.17, 15) is 4.79 Å². The van der Waals surface area contributed by atoms with Gasteiger partial charge < -0.3 is 10.1 Å². The minimum atomic E-state index is -0.566. The third-order valence-electron chi connectivity index (χ3n) is 7.57. The quantitative estimate of drug-likeness (QED) is 0.385. The van der Waals surface area contributed by atoms with Crippen molar-refractivity contribution in [1.29, 1.82) is 0 Å².